The van der Waals surface area contributed by atoms with E-state index in [1.165, 1.54) is 0 Å². The Balaban J connectivity index is 1.87. The molecule has 0 radical (unpaired) electrons. The second-order valence-corrected chi connectivity index (χ2v) is 6.79. The summed E-state index contributed by atoms with van der Waals surface area (Å²) in [5.41, 5.74) is 2.79. The molecule has 2 heterocycles. The number of anilines is 1. The van der Waals surface area contributed by atoms with E-state index < -0.39 is 0 Å². The first kappa shape index (κ1) is 15.9. The number of aromatic nitrogens is 3. The van der Waals surface area contributed by atoms with Crippen molar-refractivity contribution in [2.24, 2.45) is 5.92 Å². The van der Waals surface area contributed by atoms with E-state index in [0.717, 1.165) is 29.0 Å². The van der Waals surface area contributed by atoms with Crippen LogP contribution in [0.15, 0.2) is 35.5 Å². The van der Waals surface area contributed by atoms with E-state index in [0.29, 0.717) is 30.7 Å². The highest BCUT2D eigenvalue weighted by Crippen LogP contribution is 2.41. The van der Waals surface area contributed by atoms with Gasteiger partial charge in [-0.3, -0.25) is 4.79 Å². The van der Waals surface area contributed by atoms with Crippen LogP contribution in [0, 0.1) is 12.8 Å². The molecule has 1 N–H and O–H groups in total. The number of allylic oxidation sites excluding steroid dienone is 2. The number of benzene rings is 1. The molecule has 0 saturated carbocycles. The highest BCUT2D eigenvalue weighted by atomic mass is 16.5. The number of nitrogens with one attached hydrogen (secondary N) is 1. The number of fused-ring (bicyclic) bond motifs is 1. The summed E-state index contributed by atoms with van der Waals surface area (Å²) in [6.07, 6.45) is 1.43. The van der Waals surface area contributed by atoms with Gasteiger partial charge in [-0.2, -0.15) is 10.1 Å². The summed E-state index contributed by atoms with van der Waals surface area (Å²) in [6, 6.07) is 7.66. The van der Waals surface area contributed by atoms with Crippen LogP contribution in [-0.2, 0) is 4.79 Å². The Kier molecular flexibility index (Phi) is 3.82. The molecule has 6 heteroatoms. The van der Waals surface area contributed by atoms with Gasteiger partial charge in [0.2, 0.25) is 5.95 Å². The van der Waals surface area contributed by atoms with Crippen LogP contribution in [0.25, 0.3) is 0 Å². The molecule has 0 amide bonds. The molecule has 0 bridgehead atoms. The second-order valence-electron chi connectivity index (χ2n) is 6.79. The van der Waals surface area contributed by atoms with Gasteiger partial charge in [0.1, 0.15) is 17.6 Å². The lowest BCUT2D eigenvalue weighted by atomic mass is 9.81. The van der Waals surface area contributed by atoms with Gasteiger partial charge in [0.15, 0.2) is 5.78 Å². The molecule has 2 aliphatic rings. The molecule has 1 aromatic carbocycles. The molecule has 1 aliphatic heterocycles. The number of Topliss-reactive ketones (excluding diaryl/α,β-unsaturated/α-hetero) is 1. The van der Waals surface area contributed by atoms with Gasteiger partial charge in [-0.25, -0.2) is 4.68 Å². The average molecular weight is 338 g/mol. The zero-order valence-corrected chi connectivity index (χ0v) is 14.7. The van der Waals surface area contributed by atoms with Crippen molar-refractivity contribution in [1.82, 2.24) is 14.8 Å². The Bertz CT molecular complexity index is 868. The van der Waals surface area contributed by atoms with Crippen molar-refractivity contribution in [3.05, 3.63) is 46.9 Å². The summed E-state index contributed by atoms with van der Waals surface area (Å²) >= 11 is 0. The third-order valence-corrected chi connectivity index (χ3v) is 4.71. The third-order valence-electron chi connectivity index (χ3n) is 4.71. The van der Waals surface area contributed by atoms with E-state index in [1.807, 2.05) is 42.8 Å². The highest BCUT2D eigenvalue weighted by molar-refractivity contribution is 5.99. The number of rotatable bonds is 3. The molecule has 6 nitrogen and oxygen atoms in total. The number of hydrogen-bond acceptors (Lipinski definition) is 5. The van der Waals surface area contributed by atoms with Crippen LogP contribution in [-0.4, -0.2) is 27.2 Å². The highest BCUT2D eigenvalue weighted by Gasteiger charge is 2.38. The molecule has 0 fully saturated rings. The molecule has 2 atom stereocenters. The molecular formula is C19H22N4O2. The summed E-state index contributed by atoms with van der Waals surface area (Å²) < 4.78 is 7.48. The molecule has 4 rings (SSSR count). The smallest absolute Gasteiger partial charge is 0.226 e. The standard InChI is InChI=1S/C19H22N4O2/c1-4-25-14-7-5-6-13(10-14)18-17-15(8-11(2)9-16(17)24)21-19-20-12(3)22-23(18)19/h5-7,10-11,18H,4,8-9H2,1-3H3,(H,20,21,22)/t11-,18-/m1/s1. The SMILES string of the molecule is CCOc1cccc([C@@H]2C3=C(C[C@@H](C)CC3=O)Nc3nc(C)nn32)c1. The fourth-order valence-corrected chi connectivity index (χ4v) is 3.76. The minimum atomic E-state index is -0.257. The molecule has 0 unspecified atom stereocenters. The van der Waals surface area contributed by atoms with Gasteiger partial charge in [-0.15, -0.1) is 0 Å². The van der Waals surface area contributed by atoms with Crippen molar-refractivity contribution in [3.8, 4) is 5.75 Å². The second kappa shape index (κ2) is 6.02. The van der Waals surface area contributed by atoms with Gasteiger partial charge in [-0.1, -0.05) is 19.1 Å². The van der Waals surface area contributed by atoms with E-state index in [9.17, 15) is 4.79 Å². The van der Waals surface area contributed by atoms with Crippen LogP contribution >= 0.6 is 0 Å². The zero-order chi connectivity index (χ0) is 17.6. The van der Waals surface area contributed by atoms with E-state index in [1.54, 1.807) is 0 Å². The van der Waals surface area contributed by atoms with Crippen LogP contribution in [0.5, 0.6) is 5.75 Å². The fourth-order valence-electron chi connectivity index (χ4n) is 3.76. The number of carbonyl (C=O) groups is 1. The largest absolute Gasteiger partial charge is 0.494 e. The number of ketones is 1. The van der Waals surface area contributed by atoms with E-state index >= 15 is 0 Å². The first-order valence-electron chi connectivity index (χ1n) is 8.76. The van der Waals surface area contributed by atoms with E-state index in [4.69, 9.17) is 4.74 Å². The fraction of sp³-hybridized carbons (Fsp3) is 0.421. The van der Waals surface area contributed by atoms with E-state index in [-0.39, 0.29) is 11.8 Å². The Hall–Kier alpha value is -2.63. The minimum absolute atomic E-state index is 0.187. The van der Waals surface area contributed by atoms with Crippen molar-refractivity contribution in [1.29, 1.82) is 0 Å². The molecular weight excluding hydrogens is 316 g/mol. The maximum atomic E-state index is 12.9. The first-order chi connectivity index (χ1) is 12.1. The predicted octanol–water partition coefficient (Wildman–Crippen LogP) is 3.25. The quantitative estimate of drug-likeness (QED) is 0.930. The predicted molar refractivity (Wildman–Crippen MR) is 94.6 cm³/mol. The van der Waals surface area contributed by atoms with Crippen molar-refractivity contribution in [3.63, 3.8) is 0 Å². The maximum Gasteiger partial charge on any atom is 0.226 e. The maximum absolute atomic E-state index is 12.9. The molecule has 1 aromatic heterocycles. The zero-order valence-electron chi connectivity index (χ0n) is 14.7. The van der Waals surface area contributed by atoms with Gasteiger partial charge in [-0.05, 0) is 43.9 Å². The molecule has 0 spiro atoms. The van der Waals surface area contributed by atoms with Gasteiger partial charge >= 0.3 is 0 Å². The lowest BCUT2D eigenvalue weighted by molar-refractivity contribution is -0.117. The monoisotopic (exact) mass is 338 g/mol. The summed E-state index contributed by atoms with van der Waals surface area (Å²) in [6.45, 7) is 6.54. The Labute approximate surface area is 146 Å². The van der Waals surface area contributed by atoms with Crippen LogP contribution in [0.4, 0.5) is 5.95 Å². The van der Waals surface area contributed by atoms with Crippen molar-refractivity contribution < 1.29 is 9.53 Å². The Morgan fingerprint density at radius 2 is 2.20 bits per heavy atom. The summed E-state index contributed by atoms with van der Waals surface area (Å²) in [7, 11) is 0. The third kappa shape index (κ3) is 2.71. The molecule has 130 valence electrons. The number of nitrogens with zero attached hydrogens (tertiary/aromatic N) is 3. The Morgan fingerprint density at radius 3 is 3.00 bits per heavy atom. The van der Waals surface area contributed by atoms with Crippen LogP contribution < -0.4 is 10.1 Å². The molecule has 25 heavy (non-hydrogen) atoms. The van der Waals surface area contributed by atoms with E-state index in [2.05, 4.69) is 22.3 Å². The number of carbonyl (C=O) groups excluding carboxylic acids is 1. The number of ether oxygens (including phenoxy) is 1. The minimum Gasteiger partial charge on any atom is -0.494 e. The first-order valence-corrected chi connectivity index (χ1v) is 8.76. The van der Waals surface area contributed by atoms with Gasteiger partial charge in [0, 0.05) is 17.7 Å². The average Bonchev–Trinajstić information content (AvgIpc) is 2.93. The van der Waals surface area contributed by atoms with Gasteiger partial charge in [0.25, 0.3) is 0 Å². The van der Waals surface area contributed by atoms with Crippen LogP contribution in [0.3, 0.4) is 0 Å². The normalized spacial score (nSPS) is 22.3. The van der Waals surface area contributed by atoms with Crippen molar-refractivity contribution >= 4 is 11.7 Å². The lowest BCUT2D eigenvalue weighted by Gasteiger charge is -2.34. The van der Waals surface area contributed by atoms with Gasteiger partial charge < -0.3 is 10.1 Å². The number of aryl methyl sites for hydroxylation is 1. The van der Waals surface area contributed by atoms with Crippen LogP contribution in [0.2, 0.25) is 0 Å². The molecule has 2 aromatic rings. The summed E-state index contributed by atoms with van der Waals surface area (Å²) in [5, 5.41) is 7.88. The van der Waals surface area contributed by atoms with Crippen molar-refractivity contribution in [2.45, 2.75) is 39.7 Å². The van der Waals surface area contributed by atoms with Crippen LogP contribution in [0.1, 0.15) is 44.1 Å². The molecule has 0 saturated heterocycles. The number of hydrogen-bond donors (Lipinski definition) is 1. The topological polar surface area (TPSA) is 69.0 Å². The summed E-state index contributed by atoms with van der Waals surface area (Å²) in [4.78, 5) is 17.4. The summed E-state index contributed by atoms with van der Waals surface area (Å²) in [5.74, 6) is 2.71. The Morgan fingerprint density at radius 1 is 1.36 bits per heavy atom. The van der Waals surface area contributed by atoms with Gasteiger partial charge in [0.05, 0.1) is 6.61 Å². The lowest BCUT2D eigenvalue weighted by Crippen LogP contribution is -2.33. The molecule has 1 aliphatic carbocycles. The van der Waals surface area contributed by atoms with Crippen molar-refractivity contribution in [2.75, 3.05) is 11.9 Å².